The van der Waals surface area contributed by atoms with Crippen LogP contribution in [0.2, 0.25) is 0 Å². The third kappa shape index (κ3) is 5.65. The average Bonchev–Trinajstić information content (AvgIpc) is 3.54. The highest BCUT2D eigenvalue weighted by Crippen LogP contribution is 2.27. The van der Waals surface area contributed by atoms with E-state index in [-0.39, 0.29) is 11.8 Å². The maximum absolute atomic E-state index is 12.6. The van der Waals surface area contributed by atoms with Gasteiger partial charge in [0.2, 0.25) is 0 Å². The molecule has 0 spiro atoms. The van der Waals surface area contributed by atoms with Gasteiger partial charge in [-0.2, -0.15) is 18.3 Å². The molecule has 0 aromatic carbocycles. The van der Waals surface area contributed by atoms with E-state index in [0.29, 0.717) is 12.3 Å². The summed E-state index contributed by atoms with van der Waals surface area (Å²) in [6.45, 7) is 1.34. The number of hydrogen-bond acceptors (Lipinski definition) is 6. The van der Waals surface area contributed by atoms with Crippen LogP contribution >= 0.6 is 0 Å². The van der Waals surface area contributed by atoms with E-state index in [2.05, 4.69) is 4.98 Å². The lowest BCUT2D eigenvalue weighted by Crippen LogP contribution is -2.39. The molecule has 1 N–H and O–H groups in total. The maximum Gasteiger partial charge on any atom is 0.490 e. The van der Waals surface area contributed by atoms with Crippen LogP contribution in [0.4, 0.5) is 13.2 Å². The fraction of sp³-hybridized carbons (Fsp3) is 0.261. The number of carboxylic acid groups (broad SMARTS) is 1. The van der Waals surface area contributed by atoms with Gasteiger partial charge in [-0.05, 0) is 54.8 Å². The minimum Gasteiger partial charge on any atom is -0.475 e. The van der Waals surface area contributed by atoms with Gasteiger partial charge in [-0.1, -0.05) is 0 Å². The Morgan fingerprint density at radius 1 is 1.09 bits per heavy atom. The van der Waals surface area contributed by atoms with E-state index in [0.717, 1.165) is 42.0 Å². The third-order valence-corrected chi connectivity index (χ3v) is 5.41. The van der Waals surface area contributed by atoms with Gasteiger partial charge >= 0.3 is 12.1 Å². The minimum absolute atomic E-state index is 0.0709. The Morgan fingerprint density at radius 3 is 2.49 bits per heavy atom. The van der Waals surface area contributed by atoms with Crippen LogP contribution in [0.15, 0.2) is 65.7 Å². The molecule has 1 unspecified atom stereocenters. The van der Waals surface area contributed by atoms with Crippen molar-refractivity contribution in [3.8, 4) is 11.1 Å². The summed E-state index contributed by atoms with van der Waals surface area (Å²) < 4.78 is 38.8. The number of halogens is 3. The Kier molecular flexibility index (Phi) is 6.80. The molecular weight excluding hydrogens is 467 g/mol. The zero-order valence-corrected chi connectivity index (χ0v) is 18.2. The number of carbonyl (C=O) groups excluding carboxylic acids is 1. The normalized spacial score (nSPS) is 16.0. The number of likely N-dealkylation sites (tertiary alicyclic amines) is 1. The van der Waals surface area contributed by atoms with E-state index >= 15 is 0 Å². The average molecular weight is 487 g/mol. The van der Waals surface area contributed by atoms with Gasteiger partial charge in [0, 0.05) is 43.2 Å². The number of hydrogen-bond donors (Lipinski definition) is 1. The molecule has 1 fully saturated rings. The number of fused-ring (bicyclic) bond motifs is 1. The van der Waals surface area contributed by atoms with Gasteiger partial charge in [0.1, 0.15) is 0 Å². The number of carboxylic acids is 1. The number of aliphatic carboxylic acids is 1. The van der Waals surface area contributed by atoms with Crippen molar-refractivity contribution in [2.24, 2.45) is 0 Å². The van der Waals surface area contributed by atoms with Gasteiger partial charge < -0.3 is 14.4 Å². The lowest BCUT2D eigenvalue weighted by atomic mass is 9.97. The minimum atomic E-state index is -5.08. The van der Waals surface area contributed by atoms with E-state index in [1.807, 2.05) is 39.9 Å². The van der Waals surface area contributed by atoms with Crippen molar-refractivity contribution in [1.82, 2.24) is 24.5 Å². The maximum atomic E-state index is 12.6. The largest absolute Gasteiger partial charge is 0.490 e. The summed E-state index contributed by atoms with van der Waals surface area (Å²) >= 11 is 0. The molecule has 0 saturated carbocycles. The smallest absolute Gasteiger partial charge is 0.475 e. The van der Waals surface area contributed by atoms with Crippen molar-refractivity contribution in [1.29, 1.82) is 0 Å². The molecule has 5 heterocycles. The fourth-order valence-corrected chi connectivity index (χ4v) is 3.72. The second-order valence-corrected chi connectivity index (χ2v) is 7.80. The summed E-state index contributed by atoms with van der Waals surface area (Å²) in [4.78, 5) is 32.1. The number of aromatic nitrogens is 4. The number of nitrogens with zero attached hydrogens (tertiary/aromatic N) is 5. The van der Waals surface area contributed by atoms with E-state index in [1.54, 1.807) is 24.5 Å². The number of furan rings is 1. The quantitative estimate of drug-likeness (QED) is 0.464. The zero-order chi connectivity index (χ0) is 25.0. The lowest BCUT2D eigenvalue weighted by Gasteiger charge is -2.30. The van der Waals surface area contributed by atoms with Crippen LogP contribution in [0, 0.1) is 0 Å². The molecule has 1 aliphatic rings. The molecule has 12 heteroatoms. The number of alkyl halides is 3. The molecule has 1 aliphatic heterocycles. The monoisotopic (exact) mass is 487 g/mol. The molecule has 9 nitrogen and oxygen atoms in total. The summed E-state index contributed by atoms with van der Waals surface area (Å²) in [5, 5.41) is 11.8. The first-order valence-corrected chi connectivity index (χ1v) is 10.6. The number of amides is 1. The summed E-state index contributed by atoms with van der Waals surface area (Å²) in [5.41, 5.74) is 2.95. The first-order chi connectivity index (χ1) is 16.7. The molecule has 0 radical (unpaired) electrons. The number of pyridine rings is 2. The first kappa shape index (κ1) is 23.9. The molecular formula is C23H20F3N5O4. The third-order valence-electron chi connectivity index (χ3n) is 5.41. The highest BCUT2D eigenvalue weighted by Gasteiger charge is 2.38. The van der Waals surface area contributed by atoms with Crippen LogP contribution < -0.4 is 0 Å². The second kappa shape index (κ2) is 9.95. The first-order valence-electron chi connectivity index (χ1n) is 10.6. The molecule has 4 aromatic rings. The topological polar surface area (TPSA) is 114 Å². The Labute approximate surface area is 196 Å². The molecule has 1 saturated heterocycles. The molecule has 35 heavy (non-hydrogen) atoms. The summed E-state index contributed by atoms with van der Waals surface area (Å²) in [6.07, 6.45) is 3.87. The Balaban J connectivity index is 0.000000364. The van der Waals surface area contributed by atoms with Crippen LogP contribution in [0.1, 0.15) is 35.1 Å². The number of carbonyl (C=O) groups is 2. The second-order valence-electron chi connectivity index (χ2n) is 7.80. The van der Waals surface area contributed by atoms with Crippen LogP contribution in [0.25, 0.3) is 16.8 Å². The number of piperidine rings is 1. The van der Waals surface area contributed by atoms with Gasteiger partial charge in [0.05, 0.1) is 6.26 Å². The molecule has 182 valence electrons. The van der Waals surface area contributed by atoms with E-state index in [9.17, 15) is 18.0 Å². The standard InChI is InChI=1S/C21H19N5O2.C2HF3O2/c27-21(18-4-2-12-28-18)25-11-1-3-17(13-25)20-23-19-6-5-16(14-26(19)24-20)15-7-9-22-10-8-15;3-2(4,5)1(6)7/h2,4-10,12,14,17H,1,3,11,13H2;(H,6,7). The van der Waals surface area contributed by atoms with Crippen molar-refractivity contribution in [3.05, 3.63) is 72.8 Å². The molecule has 0 aliphatic carbocycles. The van der Waals surface area contributed by atoms with Crippen LogP contribution in [-0.2, 0) is 4.79 Å². The summed E-state index contributed by atoms with van der Waals surface area (Å²) in [7, 11) is 0. The Hall–Kier alpha value is -4.22. The van der Waals surface area contributed by atoms with Crippen molar-refractivity contribution in [2.75, 3.05) is 13.1 Å². The zero-order valence-electron chi connectivity index (χ0n) is 18.2. The van der Waals surface area contributed by atoms with Crippen molar-refractivity contribution < 1.29 is 32.3 Å². The van der Waals surface area contributed by atoms with E-state index in [1.165, 1.54) is 6.26 Å². The van der Waals surface area contributed by atoms with E-state index < -0.39 is 12.1 Å². The van der Waals surface area contributed by atoms with Crippen LogP contribution in [0.3, 0.4) is 0 Å². The molecule has 0 bridgehead atoms. The van der Waals surface area contributed by atoms with Gasteiger partial charge in [0.25, 0.3) is 5.91 Å². The van der Waals surface area contributed by atoms with Crippen LogP contribution in [0.5, 0.6) is 0 Å². The van der Waals surface area contributed by atoms with Crippen LogP contribution in [-0.4, -0.2) is 60.7 Å². The SMILES string of the molecule is O=C(O)C(F)(F)F.O=C(c1ccco1)N1CCCC(c2nc3ccc(-c4ccncc4)cn3n2)C1. The predicted molar refractivity (Wildman–Crippen MR) is 116 cm³/mol. The molecule has 1 atom stereocenters. The van der Waals surface area contributed by atoms with Crippen molar-refractivity contribution >= 4 is 17.5 Å². The summed E-state index contributed by atoms with van der Waals surface area (Å²) in [5.74, 6) is -1.54. The summed E-state index contributed by atoms with van der Waals surface area (Å²) in [6, 6.07) is 11.4. The van der Waals surface area contributed by atoms with Gasteiger partial charge in [0.15, 0.2) is 17.2 Å². The fourth-order valence-electron chi connectivity index (χ4n) is 3.72. The molecule has 1 amide bonds. The molecule has 5 rings (SSSR count). The van der Waals surface area contributed by atoms with E-state index in [4.69, 9.17) is 24.4 Å². The van der Waals surface area contributed by atoms with Gasteiger partial charge in [-0.15, -0.1) is 0 Å². The van der Waals surface area contributed by atoms with Gasteiger partial charge in [-0.3, -0.25) is 9.78 Å². The Bertz CT molecular complexity index is 1310. The highest BCUT2D eigenvalue weighted by molar-refractivity contribution is 5.91. The predicted octanol–water partition coefficient (Wildman–Crippen LogP) is 4.04. The lowest BCUT2D eigenvalue weighted by molar-refractivity contribution is -0.192. The number of rotatable bonds is 3. The van der Waals surface area contributed by atoms with Gasteiger partial charge in [-0.25, -0.2) is 14.3 Å². The van der Waals surface area contributed by atoms with Crippen molar-refractivity contribution in [2.45, 2.75) is 24.9 Å². The molecule has 4 aromatic heterocycles. The Morgan fingerprint density at radius 2 is 1.83 bits per heavy atom. The van der Waals surface area contributed by atoms with Crippen molar-refractivity contribution in [3.63, 3.8) is 0 Å². The highest BCUT2D eigenvalue weighted by atomic mass is 19.4.